The summed E-state index contributed by atoms with van der Waals surface area (Å²) in [6, 6.07) is 1.99. The van der Waals surface area contributed by atoms with Gasteiger partial charge in [0.25, 0.3) is 0 Å². The van der Waals surface area contributed by atoms with Crippen molar-refractivity contribution in [2.45, 2.75) is 26.7 Å². The molecule has 1 rings (SSSR count). The molecule has 1 aromatic rings. The Labute approximate surface area is 119 Å². The molecule has 0 spiro atoms. The van der Waals surface area contributed by atoms with Gasteiger partial charge in [0.1, 0.15) is 0 Å². The van der Waals surface area contributed by atoms with Crippen molar-refractivity contribution in [1.29, 1.82) is 0 Å². The van der Waals surface area contributed by atoms with Crippen LogP contribution >= 0.6 is 27.3 Å². The summed E-state index contributed by atoms with van der Waals surface area (Å²) in [6.45, 7) is 3.33. The molecule has 0 fully saturated rings. The topological polar surface area (TPSA) is 66.4 Å². The van der Waals surface area contributed by atoms with Crippen molar-refractivity contribution in [2.24, 2.45) is 5.41 Å². The number of halogens is 1. The highest BCUT2D eigenvalue weighted by Gasteiger charge is 2.27. The summed E-state index contributed by atoms with van der Waals surface area (Å²) in [5.74, 6) is -1.03. The highest BCUT2D eigenvalue weighted by atomic mass is 79.9. The SMILES string of the molecule is CC(C)(CNC(=O)CCc1cc(Br)cs1)C(=O)O. The maximum atomic E-state index is 11.6. The van der Waals surface area contributed by atoms with Gasteiger partial charge in [-0.05, 0) is 42.3 Å². The van der Waals surface area contributed by atoms with Crippen LogP contribution in [0.2, 0.25) is 0 Å². The van der Waals surface area contributed by atoms with E-state index in [0.717, 1.165) is 9.35 Å². The molecule has 1 aromatic heterocycles. The molecule has 0 aliphatic rings. The number of carbonyl (C=O) groups excluding carboxylic acids is 1. The first-order valence-electron chi connectivity index (χ1n) is 5.54. The molecule has 0 saturated heterocycles. The van der Waals surface area contributed by atoms with Gasteiger partial charge in [0, 0.05) is 27.7 Å². The van der Waals surface area contributed by atoms with E-state index in [9.17, 15) is 9.59 Å². The summed E-state index contributed by atoms with van der Waals surface area (Å²) in [6.07, 6.45) is 1.05. The van der Waals surface area contributed by atoms with Gasteiger partial charge in [0.2, 0.25) is 5.91 Å². The summed E-state index contributed by atoms with van der Waals surface area (Å²) in [5.41, 5.74) is -0.929. The Bertz CT molecular complexity index is 442. The number of nitrogens with one attached hydrogen (secondary N) is 1. The van der Waals surface area contributed by atoms with Crippen LogP contribution in [0.3, 0.4) is 0 Å². The second-order valence-electron chi connectivity index (χ2n) is 4.70. The molecule has 100 valence electrons. The Morgan fingerprint density at radius 3 is 2.67 bits per heavy atom. The van der Waals surface area contributed by atoms with Gasteiger partial charge < -0.3 is 10.4 Å². The molecule has 0 unspecified atom stereocenters. The maximum absolute atomic E-state index is 11.6. The fourth-order valence-electron chi connectivity index (χ4n) is 1.21. The second-order valence-corrected chi connectivity index (χ2v) is 6.61. The zero-order valence-corrected chi connectivity index (χ0v) is 12.7. The molecule has 0 atom stereocenters. The van der Waals surface area contributed by atoms with Crippen molar-refractivity contribution >= 4 is 39.1 Å². The minimum atomic E-state index is -0.929. The van der Waals surface area contributed by atoms with E-state index in [0.29, 0.717) is 12.8 Å². The molecule has 0 aliphatic carbocycles. The van der Waals surface area contributed by atoms with Crippen molar-refractivity contribution in [2.75, 3.05) is 6.54 Å². The number of aryl methyl sites for hydroxylation is 1. The van der Waals surface area contributed by atoms with Crippen molar-refractivity contribution in [3.05, 3.63) is 20.8 Å². The Morgan fingerprint density at radius 1 is 1.50 bits per heavy atom. The molecule has 0 saturated carbocycles. The number of carboxylic acid groups (broad SMARTS) is 1. The number of carboxylic acids is 1. The number of thiophene rings is 1. The molecular weight excluding hydrogens is 318 g/mol. The van der Waals surface area contributed by atoms with Gasteiger partial charge in [-0.3, -0.25) is 9.59 Å². The molecule has 18 heavy (non-hydrogen) atoms. The Hall–Kier alpha value is -0.880. The van der Waals surface area contributed by atoms with Crippen LogP contribution in [-0.2, 0) is 16.0 Å². The van der Waals surface area contributed by atoms with Gasteiger partial charge in [-0.15, -0.1) is 11.3 Å². The molecule has 6 heteroatoms. The molecule has 2 N–H and O–H groups in total. The smallest absolute Gasteiger partial charge is 0.310 e. The van der Waals surface area contributed by atoms with Gasteiger partial charge in [-0.2, -0.15) is 0 Å². The number of amides is 1. The normalized spacial score (nSPS) is 11.3. The Kier molecular flexibility index (Phi) is 5.34. The number of hydrogen-bond donors (Lipinski definition) is 2. The number of rotatable bonds is 6. The summed E-state index contributed by atoms with van der Waals surface area (Å²) < 4.78 is 1.02. The van der Waals surface area contributed by atoms with Crippen LogP contribution in [0.15, 0.2) is 15.9 Å². The highest BCUT2D eigenvalue weighted by Crippen LogP contribution is 2.21. The van der Waals surface area contributed by atoms with Crippen LogP contribution in [-0.4, -0.2) is 23.5 Å². The van der Waals surface area contributed by atoms with E-state index in [1.165, 1.54) is 0 Å². The van der Waals surface area contributed by atoms with Crippen LogP contribution in [0.5, 0.6) is 0 Å². The molecule has 4 nitrogen and oxygen atoms in total. The monoisotopic (exact) mass is 333 g/mol. The lowest BCUT2D eigenvalue weighted by atomic mass is 9.94. The van der Waals surface area contributed by atoms with E-state index in [-0.39, 0.29) is 12.5 Å². The van der Waals surface area contributed by atoms with Crippen molar-refractivity contribution in [1.82, 2.24) is 5.32 Å². The molecule has 1 amide bonds. The van der Waals surface area contributed by atoms with Crippen LogP contribution < -0.4 is 5.32 Å². The predicted octanol–water partition coefficient (Wildman–Crippen LogP) is 2.67. The zero-order chi connectivity index (χ0) is 13.8. The van der Waals surface area contributed by atoms with Crippen molar-refractivity contribution in [3.63, 3.8) is 0 Å². The van der Waals surface area contributed by atoms with Crippen LogP contribution in [0.25, 0.3) is 0 Å². The maximum Gasteiger partial charge on any atom is 0.310 e. The van der Waals surface area contributed by atoms with Gasteiger partial charge in [-0.1, -0.05) is 0 Å². The quantitative estimate of drug-likeness (QED) is 0.841. The second kappa shape index (κ2) is 6.33. The molecular formula is C12H16BrNO3S. The highest BCUT2D eigenvalue weighted by molar-refractivity contribution is 9.10. The van der Waals surface area contributed by atoms with Crippen LogP contribution in [0.4, 0.5) is 0 Å². The molecule has 0 aliphatic heterocycles. The van der Waals surface area contributed by atoms with E-state index in [1.54, 1.807) is 25.2 Å². The standard InChI is InChI=1S/C12H16BrNO3S/c1-12(2,11(16)17)7-14-10(15)4-3-9-5-8(13)6-18-9/h5-6H,3-4,7H2,1-2H3,(H,14,15)(H,16,17). The van der Waals surface area contributed by atoms with Gasteiger partial charge in [-0.25, -0.2) is 0 Å². The Balaban J connectivity index is 2.32. The largest absolute Gasteiger partial charge is 0.481 e. The van der Waals surface area contributed by atoms with Gasteiger partial charge >= 0.3 is 5.97 Å². The fraction of sp³-hybridized carbons (Fsp3) is 0.500. The van der Waals surface area contributed by atoms with Gasteiger partial charge in [0.05, 0.1) is 5.41 Å². The number of hydrogen-bond acceptors (Lipinski definition) is 3. The van der Waals surface area contributed by atoms with Gasteiger partial charge in [0.15, 0.2) is 0 Å². The molecule has 1 heterocycles. The zero-order valence-electron chi connectivity index (χ0n) is 10.3. The first kappa shape index (κ1) is 15.2. The first-order chi connectivity index (χ1) is 8.31. The average molecular weight is 334 g/mol. The van der Waals surface area contributed by atoms with Crippen LogP contribution in [0.1, 0.15) is 25.1 Å². The lowest BCUT2D eigenvalue weighted by Crippen LogP contribution is -2.38. The van der Waals surface area contributed by atoms with Crippen LogP contribution in [0, 0.1) is 5.41 Å². The average Bonchev–Trinajstić information content (AvgIpc) is 2.69. The first-order valence-corrected chi connectivity index (χ1v) is 7.21. The molecule has 0 aromatic carbocycles. The Morgan fingerprint density at radius 2 is 2.17 bits per heavy atom. The summed E-state index contributed by atoms with van der Waals surface area (Å²) in [4.78, 5) is 23.6. The minimum absolute atomic E-state index is 0.117. The lowest BCUT2D eigenvalue weighted by molar-refractivity contribution is -0.146. The summed E-state index contributed by atoms with van der Waals surface area (Å²) >= 11 is 4.96. The van der Waals surface area contributed by atoms with E-state index in [1.807, 2.05) is 11.4 Å². The lowest BCUT2D eigenvalue weighted by Gasteiger charge is -2.19. The number of aliphatic carboxylic acids is 1. The number of carbonyl (C=O) groups is 2. The third-order valence-electron chi connectivity index (χ3n) is 2.53. The summed E-state index contributed by atoms with van der Waals surface area (Å²) in [5, 5.41) is 13.5. The fourth-order valence-corrected chi connectivity index (χ4v) is 2.66. The molecule has 0 bridgehead atoms. The van der Waals surface area contributed by atoms with Crippen molar-refractivity contribution < 1.29 is 14.7 Å². The molecule has 0 radical (unpaired) electrons. The van der Waals surface area contributed by atoms with E-state index < -0.39 is 11.4 Å². The minimum Gasteiger partial charge on any atom is -0.481 e. The van der Waals surface area contributed by atoms with E-state index in [4.69, 9.17) is 5.11 Å². The van der Waals surface area contributed by atoms with Crippen molar-refractivity contribution in [3.8, 4) is 0 Å². The van der Waals surface area contributed by atoms with E-state index >= 15 is 0 Å². The van der Waals surface area contributed by atoms with E-state index in [2.05, 4.69) is 21.2 Å². The third-order valence-corrected chi connectivity index (χ3v) is 4.28. The summed E-state index contributed by atoms with van der Waals surface area (Å²) in [7, 11) is 0. The predicted molar refractivity (Wildman–Crippen MR) is 74.8 cm³/mol. The third kappa shape index (κ3) is 4.78.